The lowest BCUT2D eigenvalue weighted by Gasteiger charge is -2.12. The van der Waals surface area contributed by atoms with E-state index in [1.807, 2.05) is 13.8 Å². The average molecular weight is 288 g/mol. The van der Waals surface area contributed by atoms with Crippen molar-refractivity contribution in [3.05, 3.63) is 0 Å². The molecule has 0 saturated heterocycles. The Labute approximate surface area is 117 Å². The minimum Gasteiger partial charge on any atom is -0.481 e. The molecule has 0 radical (unpaired) electrons. The van der Waals surface area contributed by atoms with E-state index < -0.39 is 30.0 Å². The van der Waals surface area contributed by atoms with Crippen molar-refractivity contribution in [1.82, 2.24) is 0 Å². The van der Waals surface area contributed by atoms with Crippen LogP contribution in [0.4, 0.5) is 0 Å². The summed E-state index contributed by atoms with van der Waals surface area (Å²) in [4.78, 5) is 44.1. The molecule has 1 N–H and O–H groups in total. The number of carboxylic acid groups (broad SMARTS) is 1. The number of ether oxygens (including phenoxy) is 2. The van der Waals surface area contributed by atoms with Gasteiger partial charge < -0.3 is 14.6 Å². The summed E-state index contributed by atoms with van der Waals surface area (Å²) in [5.74, 6) is -3.11. The maximum atomic E-state index is 11.4. The number of carbonyl (C=O) groups excluding carboxylic acids is 3. The fraction of sp³-hybridized carbons (Fsp3) is 0.692. The van der Waals surface area contributed by atoms with E-state index >= 15 is 0 Å². The van der Waals surface area contributed by atoms with E-state index in [0.29, 0.717) is 0 Å². The third-order valence-corrected chi connectivity index (χ3v) is 2.13. The Hall–Kier alpha value is -1.92. The third-order valence-electron chi connectivity index (χ3n) is 2.13. The number of carboxylic acids is 1. The molecule has 1 unspecified atom stereocenters. The third kappa shape index (κ3) is 10.0. The van der Waals surface area contributed by atoms with Crippen molar-refractivity contribution >= 4 is 23.9 Å². The molecule has 114 valence electrons. The molecule has 0 fully saturated rings. The first kappa shape index (κ1) is 18.1. The van der Waals surface area contributed by atoms with E-state index in [1.54, 1.807) is 0 Å². The molecule has 0 aromatic rings. The Balaban J connectivity index is 3.98. The second kappa shape index (κ2) is 9.06. The van der Waals surface area contributed by atoms with Crippen LogP contribution in [0, 0.1) is 5.92 Å². The van der Waals surface area contributed by atoms with Crippen LogP contribution < -0.4 is 0 Å². The van der Waals surface area contributed by atoms with Crippen molar-refractivity contribution in [1.29, 1.82) is 0 Å². The van der Waals surface area contributed by atoms with Crippen molar-refractivity contribution in [2.45, 2.75) is 52.6 Å². The van der Waals surface area contributed by atoms with Gasteiger partial charge in [-0.3, -0.25) is 19.2 Å². The predicted molar refractivity (Wildman–Crippen MR) is 67.6 cm³/mol. The van der Waals surface area contributed by atoms with E-state index in [-0.39, 0.29) is 31.6 Å². The zero-order chi connectivity index (χ0) is 15.7. The van der Waals surface area contributed by atoms with E-state index in [9.17, 15) is 19.2 Å². The lowest BCUT2D eigenvalue weighted by atomic mass is 10.1. The molecule has 20 heavy (non-hydrogen) atoms. The van der Waals surface area contributed by atoms with Crippen LogP contribution in [0.2, 0.25) is 0 Å². The first-order chi connectivity index (χ1) is 9.20. The predicted octanol–water partition coefficient (Wildman–Crippen LogP) is 1.29. The topological polar surface area (TPSA) is 107 Å². The summed E-state index contributed by atoms with van der Waals surface area (Å²) in [7, 11) is 0. The van der Waals surface area contributed by atoms with Crippen molar-refractivity contribution in [3.63, 3.8) is 0 Å². The van der Waals surface area contributed by atoms with Gasteiger partial charge in [0.05, 0.1) is 19.3 Å². The fourth-order valence-electron chi connectivity index (χ4n) is 1.31. The van der Waals surface area contributed by atoms with Gasteiger partial charge in [0, 0.05) is 6.42 Å². The second-order valence-corrected chi connectivity index (χ2v) is 4.84. The number of aliphatic carboxylic acids is 1. The number of hydrogen-bond acceptors (Lipinski definition) is 6. The molecule has 0 heterocycles. The molecule has 0 amide bonds. The van der Waals surface area contributed by atoms with Gasteiger partial charge in [-0.2, -0.15) is 0 Å². The van der Waals surface area contributed by atoms with Crippen LogP contribution in [-0.2, 0) is 28.7 Å². The van der Waals surface area contributed by atoms with E-state index in [2.05, 4.69) is 4.74 Å². The summed E-state index contributed by atoms with van der Waals surface area (Å²) in [5.41, 5.74) is 0. The summed E-state index contributed by atoms with van der Waals surface area (Å²) < 4.78 is 9.37. The summed E-state index contributed by atoms with van der Waals surface area (Å²) in [5, 5.41) is 8.39. The normalized spacial score (nSPS) is 11.8. The van der Waals surface area contributed by atoms with Crippen LogP contribution in [0.15, 0.2) is 0 Å². The summed E-state index contributed by atoms with van der Waals surface area (Å²) >= 11 is 0. The second-order valence-electron chi connectivity index (χ2n) is 4.84. The van der Waals surface area contributed by atoms with Crippen LogP contribution in [0.1, 0.15) is 46.5 Å². The highest BCUT2D eigenvalue weighted by molar-refractivity contribution is 5.85. The van der Waals surface area contributed by atoms with Gasteiger partial charge in [0.2, 0.25) is 0 Å². The molecule has 0 aromatic carbocycles. The Bertz CT molecular complexity index is 373. The molecule has 0 aliphatic carbocycles. The monoisotopic (exact) mass is 288 g/mol. The zero-order valence-corrected chi connectivity index (χ0v) is 11.9. The molecular formula is C13H20O7. The minimum absolute atomic E-state index is 0.0848. The van der Waals surface area contributed by atoms with Crippen LogP contribution in [-0.4, -0.2) is 35.1 Å². The standard InChI is InChI=1S/C13H20O7/c1-8(2)6-12(17)20-13(18)7-9(3)19-11(16)5-4-10(14)15/h8-9H,4-7H2,1-3H3,(H,14,15). The van der Waals surface area contributed by atoms with Crippen LogP contribution in [0.25, 0.3) is 0 Å². The molecule has 0 aliphatic heterocycles. The SMILES string of the molecule is CC(C)CC(=O)OC(=O)CC(C)OC(=O)CCC(=O)O. The van der Waals surface area contributed by atoms with Gasteiger partial charge in [-0.15, -0.1) is 0 Å². The number of esters is 3. The van der Waals surface area contributed by atoms with Crippen LogP contribution >= 0.6 is 0 Å². The molecule has 7 heteroatoms. The largest absolute Gasteiger partial charge is 0.481 e. The molecule has 0 spiro atoms. The van der Waals surface area contributed by atoms with Gasteiger partial charge in [-0.05, 0) is 12.8 Å². The first-order valence-corrected chi connectivity index (χ1v) is 6.35. The molecule has 1 atom stereocenters. The smallest absolute Gasteiger partial charge is 0.317 e. The highest BCUT2D eigenvalue weighted by Crippen LogP contribution is 2.06. The van der Waals surface area contributed by atoms with Gasteiger partial charge in [0.25, 0.3) is 0 Å². The van der Waals surface area contributed by atoms with Crippen molar-refractivity contribution in [3.8, 4) is 0 Å². The number of hydrogen-bond donors (Lipinski definition) is 1. The van der Waals surface area contributed by atoms with Crippen molar-refractivity contribution < 1.29 is 33.8 Å². The van der Waals surface area contributed by atoms with Crippen molar-refractivity contribution in [2.75, 3.05) is 0 Å². The summed E-state index contributed by atoms with van der Waals surface area (Å²) in [6.07, 6.45) is -1.47. The van der Waals surface area contributed by atoms with Gasteiger partial charge in [-0.25, -0.2) is 0 Å². The quantitative estimate of drug-likeness (QED) is 0.529. The Morgan fingerprint density at radius 3 is 1.95 bits per heavy atom. The maximum absolute atomic E-state index is 11.4. The van der Waals surface area contributed by atoms with E-state index in [1.165, 1.54) is 6.92 Å². The molecular weight excluding hydrogens is 268 g/mol. The molecule has 0 aromatic heterocycles. The summed E-state index contributed by atoms with van der Waals surface area (Å²) in [6, 6.07) is 0. The lowest BCUT2D eigenvalue weighted by Crippen LogP contribution is -2.22. The summed E-state index contributed by atoms with van der Waals surface area (Å²) in [6.45, 7) is 5.10. The Morgan fingerprint density at radius 2 is 1.45 bits per heavy atom. The van der Waals surface area contributed by atoms with Gasteiger partial charge in [0.15, 0.2) is 0 Å². The Morgan fingerprint density at radius 1 is 0.900 bits per heavy atom. The van der Waals surface area contributed by atoms with Gasteiger partial charge >= 0.3 is 23.9 Å². The highest BCUT2D eigenvalue weighted by atomic mass is 16.6. The van der Waals surface area contributed by atoms with E-state index in [0.717, 1.165) is 0 Å². The zero-order valence-electron chi connectivity index (χ0n) is 11.9. The molecule has 0 rings (SSSR count). The van der Waals surface area contributed by atoms with E-state index in [4.69, 9.17) is 9.84 Å². The lowest BCUT2D eigenvalue weighted by molar-refractivity contribution is -0.163. The maximum Gasteiger partial charge on any atom is 0.317 e. The number of carbonyl (C=O) groups is 4. The Kier molecular flexibility index (Phi) is 8.19. The van der Waals surface area contributed by atoms with Crippen LogP contribution in [0.5, 0.6) is 0 Å². The fourth-order valence-corrected chi connectivity index (χ4v) is 1.31. The molecule has 0 bridgehead atoms. The van der Waals surface area contributed by atoms with Gasteiger partial charge in [-0.1, -0.05) is 13.8 Å². The number of rotatable bonds is 8. The molecule has 0 aliphatic rings. The highest BCUT2D eigenvalue weighted by Gasteiger charge is 2.18. The van der Waals surface area contributed by atoms with Crippen molar-refractivity contribution in [2.24, 2.45) is 5.92 Å². The average Bonchev–Trinajstić information content (AvgIpc) is 2.24. The van der Waals surface area contributed by atoms with Crippen LogP contribution in [0.3, 0.4) is 0 Å². The molecule has 7 nitrogen and oxygen atoms in total. The minimum atomic E-state index is -1.10. The first-order valence-electron chi connectivity index (χ1n) is 6.35. The molecule has 0 saturated carbocycles. The van der Waals surface area contributed by atoms with Gasteiger partial charge in [0.1, 0.15) is 6.10 Å².